The molecule has 2 N–H and O–H groups in total. The fourth-order valence-corrected chi connectivity index (χ4v) is 2.07. The molecule has 1 heterocycles. The minimum atomic E-state index is -0.214. The van der Waals surface area contributed by atoms with Gasteiger partial charge < -0.3 is 10.5 Å². The molecule has 1 aromatic carbocycles. The van der Waals surface area contributed by atoms with Gasteiger partial charge in [-0.3, -0.25) is 0 Å². The number of hydrogen-bond acceptors (Lipinski definition) is 3. The molecular weight excluding hydrogens is 224 g/mol. The number of pyridine rings is 1. The quantitative estimate of drug-likeness (QED) is 0.900. The summed E-state index contributed by atoms with van der Waals surface area (Å²) in [5.41, 5.74) is 10.7. The summed E-state index contributed by atoms with van der Waals surface area (Å²) in [7, 11) is 1.61. The highest BCUT2D eigenvalue weighted by Gasteiger charge is 2.16. The predicted octanol–water partition coefficient (Wildman–Crippen LogP) is 2.76. The standard InChI is InChI=1S/C15H18N2O/c1-10-6-7-11(2)13(9-10)14(16)12-5-4-8-17-15(12)18-3/h4-9,14H,16H2,1-3H3. The van der Waals surface area contributed by atoms with Crippen molar-refractivity contribution in [1.82, 2.24) is 4.98 Å². The molecule has 0 radical (unpaired) electrons. The number of aromatic nitrogens is 1. The van der Waals surface area contributed by atoms with E-state index in [-0.39, 0.29) is 6.04 Å². The van der Waals surface area contributed by atoms with E-state index in [0.717, 1.165) is 11.1 Å². The van der Waals surface area contributed by atoms with Crippen LogP contribution < -0.4 is 10.5 Å². The van der Waals surface area contributed by atoms with Crippen LogP contribution in [0.3, 0.4) is 0 Å². The molecule has 0 amide bonds. The van der Waals surface area contributed by atoms with Gasteiger partial charge in [-0.25, -0.2) is 4.98 Å². The monoisotopic (exact) mass is 242 g/mol. The predicted molar refractivity (Wildman–Crippen MR) is 72.7 cm³/mol. The van der Waals surface area contributed by atoms with Crippen molar-refractivity contribution in [2.45, 2.75) is 19.9 Å². The second-order valence-electron chi connectivity index (χ2n) is 4.44. The molecule has 2 rings (SSSR count). The van der Waals surface area contributed by atoms with Crippen LogP contribution in [0.15, 0.2) is 36.5 Å². The van der Waals surface area contributed by atoms with E-state index in [9.17, 15) is 0 Å². The number of aryl methyl sites for hydroxylation is 2. The summed E-state index contributed by atoms with van der Waals surface area (Å²) in [6.45, 7) is 4.13. The average molecular weight is 242 g/mol. The van der Waals surface area contributed by atoms with E-state index in [1.54, 1.807) is 13.3 Å². The zero-order valence-corrected chi connectivity index (χ0v) is 11.0. The lowest BCUT2D eigenvalue weighted by atomic mass is 9.95. The van der Waals surface area contributed by atoms with Crippen LogP contribution in [-0.4, -0.2) is 12.1 Å². The summed E-state index contributed by atoms with van der Waals surface area (Å²) < 4.78 is 5.27. The zero-order chi connectivity index (χ0) is 13.1. The lowest BCUT2D eigenvalue weighted by molar-refractivity contribution is 0.390. The van der Waals surface area contributed by atoms with Gasteiger partial charge in [-0.05, 0) is 31.0 Å². The molecular formula is C15H18N2O. The number of ether oxygens (including phenoxy) is 1. The fourth-order valence-electron chi connectivity index (χ4n) is 2.07. The van der Waals surface area contributed by atoms with E-state index in [2.05, 4.69) is 37.0 Å². The Morgan fingerprint density at radius 1 is 1.17 bits per heavy atom. The van der Waals surface area contributed by atoms with E-state index < -0.39 is 0 Å². The van der Waals surface area contributed by atoms with Crippen LogP contribution in [0.1, 0.15) is 28.3 Å². The molecule has 0 aliphatic carbocycles. The van der Waals surface area contributed by atoms with Gasteiger partial charge in [0.15, 0.2) is 0 Å². The third-order valence-corrected chi connectivity index (χ3v) is 3.10. The molecule has 0 saturated carbocycles. The molecule has 2 aromatic rings. The van der Waals surface area contributed by atoms with Crippen molar-refractivity contribution in [3.8, 4) is 5.88 Å². The molecule has 1 unspecified atom stereocenters. The minimum Gasteiger partial charge on any atom is -0.481 e. The number of rotatable bonds is 3. The number of hydrogen-bond donors (Lipinski definition) is 1. The molecule has 1 atom stereocenters. The summed E-state index contributed by atoms with van der Waals surface area (Å²) in [4.78, 5) is 4.19. The normalized spacial score (nSPS) is 12.2. The summed E-state index contributed by atoms with van der Waals surface area (Å²) in [5.74, 6) is 0.589. The first kappa shape index (κ1) is 12.6. The largest absolute Gasteiger partial charge is 0.481 e. The van der Waals surface area contributed by atoms with Crippen LogP contribution in [-0.2, 0) is 0 Å². The van der Waals surface area contributed by atoms with Gasteiger partial charge in [-0.1, -0.05) is 29.8 Å². The highest BCUT2D eigenvalue weighted by atomic mass is 16.5. The zero-order valence-electron chi connectivity index (χ0n) is 11.0. The Kier molecular flexibility index (Phi) is 3.63. The van der Waals surface area contributed by atoms with Crippen molar-refractivity contribution >= 4 is 0 Å². The summed E-state index contributed by atoms with van der Waals surface area (Å²) in [5, 5.41) is 0. The van der Waals surface area contributed by atoms with Crippen molar-refractivity contribution in [3.05, 3.63) is 58.8 Å². The average Bonchev–Trinajstić information content (AvgIpc) is 2.40. The van der Waals surface area contributed by atoms with Crippen molar-refractivity contribution in [1.29, 1.82) is 0 Å². The van der Waals surface area contributed by atoms with Crippen LogP contribution in [0.25, 0.3) is 0 Å². The van der Waals surface area contributed by atoms with E-state index >= 15 is 0 Å². The first-order valence-corrected chi connectivity index (χ1v) is 5.95. The SMILES string of the molecule is COc1ncccc1C(N)c1cc(C)ccc1C. The van der Waals surface area contributed by atoms with Crippen molar-refractivity contribution in [2.75, 3.05) is 7.11 Å². The maximum atomic E-state index is 6.34. The Balaban J connectivity index is 2.47. The lowest BCUT2D eigenvalue weighted by Gasteiger charge is -2.17. The molecule has 94 valence electrons. The van der Waals surface area contributed by atoms with Crippen molar-refractivity contribution < 1.29 is 4.74 Å². The third kappa shape index (κ3) is 2.36. The maximum absolute atomic E-state index is 6.34. The Morgan fingerprint density at radius 2 is 1.94 bits per heavy atom. The Hall–Kier alpha value is -1.87. The highest BCUT2D eigenvalue weighted by Crippen LogP contribution is 2.28. The smallest absolute Gasteiger partial charge is 0.218 e. The Labute approximate surface area is 108 Å². The molecule has 3 nitrogen and oxygen atoms in total. The number of nitrogens with two attached hydrogens (primary N) is 1. The number of methoxy groups -OCH3 is 1. The molecule has 18 heavy (non-hydrogen) atoms. The van der Waals surface area contributed by atoms with Gasteiger partial charge in [0.05, 0.1) is 13.2 Å². The van der Waals surface area contributed by atoms with Gasteiger partial charge in [0.25, 0.3) is 0 Å². The second kappa shape index (κ2) is 5.19. The van der Waals surface area contributed by atoms with Gasteiger partial charge in [0.1, 0.15) is 0 Å². The van der Waals surface area contributed by atoms with Gasteiger partial charge in [0.2, 0.25) is 5.88 Å². The van der Waals surface area contributed by atoms with E-state index in [4.69, 9.17) is 10.5 Å². The molecule has 0 spiro atoms. The van der Waals surface area contributed by atoms with Gasteiger partial charge in [-0.2, -0.15) is 0 Å². The lowest BCUT2D eigenvalue weighted by Crippen LogP contribution is -2.15. The molecule has 0 bridgehead atoms. The Morgan fingerprint density at radius 3 is 2.67 bits per heavy atom. The molecule has 0 fully saturated rings. The van der Waals surface area contributed by atoms with E-state index in [1.807, 2.05) is 12.1 Å². The first-order valence-electron chi connectivity index (χ1n) is 5.95. The van der Waals surface area contributed by atoms with Crippen molar-refractivity contribution in [2.24, 2.45) is 5.73 Å². The van der Waals surface area contributed by atoms with E-state index in [1.165, 1.54) is 11.1 Å². The third-order valence-electron chi connectivity index (χ3n) is 3.10. The summed E-state index contributed by atoms with van der Waals surface area (Å²) in [6.07, 6.45) is 1.71. The fraction of sp³-hybridized carbons (Fsp3) is 0.267. The molecule has 1 aromatic heterocycles. The minimum absolute atomic E-state index is 0.214. The summed E-state index contributed by atoms with van der Waals surface area (Å²) >= 11 is 0. The topological polar surface area (TPSA) is 48.1 Å². The van der Waals surface area contributed by atoms with Crippen LogP contribution in [0.2, 0.25) is 0 Å². The van der Waals surface area contributed by atoms with E-state index in [0.29, 0.717) is 5.88 Å². The van der Waals surface area contributed by atoms with Crippen LogP contribution in [0.5, 0.6) is 5.88 Å². The Bertz CT molecular complexity index is 552. The molecule has 0 saturated heterocycles. The van der Waals surface area contributed by atoms with Gasteiger partial charge in [0, 0.05) is 11.8 Å². The van der Waals surface area contributed by atoms with Gasteiger partial charge in [-0.15, -0.1) is 0 Å². The molecule has 0 aliphatic heterocycles. The van der Waals surface area contributed by atoms with Crippen LogP contribution in [0, 0.1) is 13.8 Å². The molecule has 0 aliphatic rings. The summed E-state index contributed by atoms with van der Waals surface area (Å²) in [6, 6.07) is 9.92. The number of nitrogens with zero attached hydrogens (tertiary/aromatic N) is 1. The van der Waals surface area contributed by atoms with Crippen LogP contribution in [0.4, 0.5) is 0 Å². The van der Waals surface area contributed by atoms with Gasteiger partial charge >= 0.3 is 0 Å². The first-order chi connectivity index (χ1) is 8.63. The maximum Gasteiger partial charge on any atom is 0.218 e. The molecule has 3 heteroatoms. The van der Waals surface area contributed by atoms with Crippen molar-refractivity contribution in [3.63, 3.8) is 0 Å². The highest BCUT2D eigenvalue weighted by molar-refractivity contribution is 5.41. The van der Waals surface area contributed by atoms with Crippen LogP contribution >= 0.6 is 0 Å². The second-order valence-corrected chi connectivity index (χ2v) is 4.44. The number of benzene rings is 1.